The average Bonchev–Trinajstić information content (AvgIpc) is 3.17. The molecule has 3 rings (SSSR count). The number of nitrogens with one attached hydrogen (secondary N) is 2. The van der Waals surface area contributed by atoms with E-state index in [1.165, 1.54) is 5.56 Å². The first-order valence-electron chi connectivity index (χ1n) is 8.82. The van der Waals surface area contributed by atoms with Crippen LogP contribution in [0.1, 0.15) is 46.8 Å². The molecule has 0 aliphatic carbocycles. The molecule has 0 saturated carbocycles. The number of rotatable bonds is 7. The van der Waals surface area contributed by atoms with E-state index in [4.69, 9.17) is 0 Å². The molecule has 1 amide bonds. The summed E-state index contributed by atoms with van der Waals surface area (Å²) in [6.45, 7) is 2.71. The van der Waals surface area contributed by atoms with Crippen molar-refractivity contribution in [2.24, 2.45) is 0 Å². The van der Waals surface area contributed by atoms with Crippen LogP contribution < -0.4 is 10.6 Å². The average molecular weight is 323 g/mol. The maximum atomic E-state index is 12.5. The summed E-state index contributed by atoms with van der Waals surface area (Å²) in [5, 5.41) is 6.44. The second kappa shape index (κ2) is 8.60. The van der Waals surface area contributed by atoms with Crippen LogP contribution in [0.4, 0.5) is 0 Å². The summed E-state index contributed by atoms with van der Waals surface area (Å²) in [7, 11) is 0. The van der Waals surface area contributed by atoms with Gasteiger partial charge in [0.2, 0.25) is 0 Å². The predicted molar refractivity (Wildman–Crippen MR) is 96.2 cm³/mol. The van der Waals surface area contributed by atoms with E-state index in [1.54, 1.807) is 0 Å². The molecule has 126 valence electrons. The molecule has 1 aromatic heterocycles. The summed E-state index contributed by atoms with van der Waals surface area (Å²) in [5.74, 6) is 0.506. The van der Waals surface area contributed by atoms with Gasteiger partial charge in [-0.2, -0.15) is 0 Å². The molecular formula is C20H25N3O. The first-order chi connectivity index (χ1) is 11.8. The van der Waals surface area contributed by atoms with Gasteiger partial charge < -0.3 is 10.6 Å². The third kappa shape index (κ3) is 4.42. The monoisotopic (exact) mass is 323 g/mol. The van der Waals surface area contributed by atoms with Crippen molar-refractivity contribution < 1.29 is 4.79 Å². The first kappa shape index (κ1) is 16.7. The largest absolute Gasteiger partial charge is 0.352 e. The lowest BCUT2D eigenvalue weighted by molar-refractivity contribution is 0.0951. The molecule has 1 saturated heterocycles. The minimum absolute atomic E-state index is 0.0512. The predicted octanol–water partition coefficient (Wildman–Crippen LogP) is 2.91. The fourth-order valence-corrected chi connectivity index (χ4v) is 3.25. The van der Waals surface area contributed by atoms with E-state index in [0.29, 0.717) is 12.5 Å². The zero-order chi connectivity index (χ0) is 16.6. The standard InChI is InChI=1S/C20H25N3O/c24-20(23-13-6-4-8-17-7-3-5-12-22-17)19-10-2-1-9-18(19)16-11-14-21-15-16/h1-3,5,7,9-10,12,16,21H,4,6,8,11,13-15H2,(H,23,24)/t16-/m1/s1. The lowest BCUT2D eigenvalue weighted by Crippen LogP contribution is -2.26. The number of pyridine rings is 1. The van der Waals surface area contributed by atoms with Crippen LogP contribution in [0, 0.1) is 0 Å². The van der Waals surface area contributed by atoms with Crippen LogP contribution in [0.5, 0.6) is 0 Å². The van der Waals surface area contributed by atoms with Crippen LogP contribution >= 0.6 is 0 Å². The van der Waals surface area contributed by atoms with Gasteiger partial charge in [0.1, 0.15) is 0 Å². The van der Waals surface area contributed by atoms with Crippen LogP contribution in [-0.2, 0) is 6.42 Å². The van der Waals surface area contributed by atoms with Gasteiger partial charge in [-0.05, 0) is 61.9 Å². The normalized spacial score (nSPS) is 16.9. The summed E-state index contributed by atoms with van der Waals surface area (Å²) < 4.78 is 0. The Kier molecular flexibility index (Phi) is 5.96. The second-order valence-electron chi connectivity index (χ2n) is 6.31. The van der Waals surface area contributed by atoms with Crippen molar-refractivity contribution in [2.45, 2.75) is 31.6 Å². The number of hydrogen-bond donors (Lipinski definition) is 2. The molecule has 4 nitrogen and oxygen atoms in total. The molecule has 24 heavy (non-hydrogen) atoms. The molecule has 4 heteroatoms. The SMILES string of the molecule is O=C(NCCCCc1ccccn1)c1ccccc1[C@@H]1CCNC1. The number of carbonyl (C=O) groups is 1. The highest BCUT2D eigenvalue weighted by Gasteiger charge is 2.21. The minimum Gasteiger partial charge on any atom is -0.352 e. The lowest BCUT2D eigenvalue weighted by Gasteiger charge is -2.14. The fraction of sp³-hybridized carbons (Fsp3) is 0.400. The summed E-state index contributed by atoms with van der Waals surface area (Å²) in [5.41, 5.74) is 3.12. The van der Waals surface area contributed by atoms with Gasteiger partial charge >= 0.3 is 0 Å². The maximum absolute atomic E-state index is 12.5. The molecule has 0 spiro atoms. The summed E-state index contributed by atoms with van der Waals surface area (Å²) in [4.78, 5) is 16.8. The van der Waals surface area contributed by atoms with Gasteiger partial charge in [-0.15, -0.1) is 0 Å². The van der Waals surface area contributed by atoms with E-state index in [1.807, 2.05) is 42.6 Å². The molecule has 2 aromatic rings. The molecular weight excluding hydrogens is 298 g/mol. The summed E-state index contributed by atoms with van der Waals surface area (Å²) in [6.07, 6.45) is 5.89. The van der Waals surface area contributed by atoms with Crippen molar-refractivity contribution in [3.63, 3.8) is 0 Å². The lowest BCUT2D eigenvalue weighted by atomic mass is 9.93. The molecule has 1 atom stereocenters. The molecule has 2 N–H and O–H groups in total. The van der Waals surface area contributed by atoms with Crippen LogP contribution in [0.2, 0.25) is 0 Å². The zero-order valence-corrected chi connectivity index (χ0v) is 14.0. The van der Waals surface area contributed by atoms with Gasteiger partial charge in [0.05, 0.1) is 0 Å². The van der Waals surface area contributed by atoms with Gasteiger partial charge in [-0.3, -0.25) is 9.78 Å². The number of unbranched alkanes of at least 4 members (excludes halogenated alkanes) is 1. The van der Waals surface area contributed by atoms with E-state index in [0.717, 1.165) is 50.0 Å². The van der Waals surface area contributed by atoms with Crippen molar-refractivity contribution in [2.75, 3.05) is 19.6 Å². The number of hydrogen-bond acceptors (Lipinski definition) is 3. The highest BCUT2D eigenvalue weighted by molar-refractivity contribution is 5.95. The van der Waals surface area contributed by atoms with Crippen molar-refractivity contribution in [3.05, 3.63) is 65.5 Å². The third-order valence-electron chi connectivity index (χ3n) is 4.58. The second-order valence-corrected chi connectivity index (χ2v) is 6.31. The highest BCUT2D eigenvalue weighted by Crippen LogP contribution is 2.25. The maximum Gasteiger partial charge on any atom is 0.251 e. The highest BCUT2D eigenvalue weighted by atomic mass is 16.1. The first-order valence-corrected chi connectivity index (χ1v) is 8.82. The molecule has 1 aromatic carbocycles. The molecule has 1 fully saturated rings. The Morgan fingerprint density at radius 3 is 2.83 bits per heavy atom. The van der Waals surface area contributed by atoms with Gasteiger partial charge in [0.15, 0.2) is 0 Å². The Morgan fingerprint density at radius 2 is 2.04 bits per heavy atom. The smallest absolute Gasteiger partial charge is 0.251 e. The Morgan fingerprint density at radius 1 is 1.17 bits per heavy atom. The van der Waals surface area contributed by atoms with Crippen LogP contribution in [0.15, 0.2) is 48.7 Å². The van der Waals surface area contributed by atoms with Crippen molar-refractivity contribution in [1.29, 1.82) is 0 Å². The van der Waals surface area contributed by atoms with Crippen molar-refractivity contribution in [1.82, 2.24) is 15.6 Å². The topological polar surface area (TPSA) is 54.0 Å². The van der Waals surface area contributed by atoms with Crippen LogP contribution in [0.25, 0.3) is 0 Å². The van der Waals surface area contributed by atoms with E-state index in [-0.39, 0.29) is 5.91 Å². The van der Waals surface area contributed by atoms with Gasteiger partial charge in [-0.1, -0.05) is 24.3 Å². The number of aryl methyl sites for hydroxylation is 1. The van der Waals surface area contributed by atoms with E-state index in [2.05, 4.69) is 21.7 Å². The van der Waals surface area contributed by atoms with Crippen LogP contribution in [-0.4, -0.2) is 30.5 Å². The molecule has 0 unspecified atom stereocenters. The van der Waals surface area contributed by atoms with Gasteiger partial charge in [-0.25, -0.2) is 0 Å². The molecule has 0 radical (unpaired) electrons. The van der Waals surface area contributed by atoms with E-state index < -0.39 is 0 Å². The Bertz CT molecular complexity index is 651. The molecule has 0 bridgehead atoms. The Balaban J connectivity index is 1.47. The van der Waals surface area contributed by atoms with Crippen LogP contribution in [0.3, 0.4) is 0 Å². The minimum atomic E-state index is 0.0512. The molecule has 2 heterocycles. The summed E-state index contributed by atoms with van der Waals surface area (Å²) in [6, 6.07) is 14.0. The number of amides is 1. The summed E-state index contributed by atoms with van der Waals surface area (Å²) >= 11 is 0. The van der Waals surface area contributed by atoms with E-state index >= 15 is 0 Å². The Hall–Kier alpha value is -2.20. The molecule has 1 aliphatic rings. The van der Waals surface area contributed by atoms with E-state index in [9.17, 15) is 4.79 Å². The number of nitrogens with zero attached hydrogens (tertiary/aromatic N) is 1. The number of benzene rings is 1. The molecule has 1 aliphatic heterocycles. The third-order valence-corrected chi connectivity index (χ3v) is 4.58. The fourth-order valence-electron chi connectivity index (χ4n) is 3.25. The van der Waals surface area contributed by atoms with Crippen molar-refractivity contribution >= 4 is 5.91 Å². The number of aromatic nitrogens is 1. The Labute approximate surface area is 143 Å². The quantitative estimate of drug-likeness (QED) is 0.770. The van der Waals surface area contributed by atoms with Crippen molar-refractivity contribution in [3.8, 4) is 0 Å². The zero-order valence-electron chi connectivity index (χ0n) is 14.0. The van der Waals surface area contributed by atoms with Gasteiger partial charge in [0, 0.05) is 30.5 Å². The van der Waals surface area contributed by atoms with Gasteiger partial charge in [0.25, 0.3) is 5.91 Å². The number of carbonyl (C=O) groups excluding carboxylic acids is 1.